The lowest BCUT2D eigenvalue weighted by Crippen LogP contribution is -2.35. The van der Waals surface area contributed by atoms with Crippen LogP contribution in [0.4, 0.5) is 0 Å². The SMILES string of the molecule is Cc1csc(CN[C@@H]2CC(=O)N(C)[C@H]2c2c(C)nn(C)c2C)n1. The number of carbonyl (C=O) groups excluding carboxylic acids is 1. The number of thiazole rings is 1. The molecule has 0 saturated carbocycles. The maximum atomic E-state index is 12.3. The number of aryl methyl sites for hydroxylation is 3. The number of nitrogens with one attached hydrogen (secondary N) is 1. The number of hydrogen-bond donors (Lipinski definition) is 1. The first-order chi connectivity index (χ1) is 10.9. The van der Waals surface area contributed by atoms with Gasteiger partial charge in [-0.3, -0.25) is 9.48 Å². The second kappa shape index (κ2) is 6.05. The fourth-order valence-corrected chi connectivity index (χ4v) is 4.09. The molecule has 0 spiro atoms. The predicted molar refractivity (Wildman–Crippen MR) is 90.3 cm³/mol. The smallest absolute Gasteiger partial charge is 0.224 e. The number of likely N-dealkylation sites (N-methyl/N-ethyl adjacent to an activating group) is 1. The molecule has 2 aromatic rings. The highest BCUT2D eigenvalue weighted by Crippen LogP contribution is 2.35. The van der Waals surface area contributed by atoms with Crippen LogP contribution in [0, 0.1) is 20.8 Å². The topological polar surface area (TPSA) is 63.1 Å². The normalized spacial score (nSPS) is 21.4. The molecule has 2 atom stereocenters. The fraction of sp³-hybridized carbons (Fsp3) is 0.562. The summed E-state index contributed by atoms with van der Waals surface area (Å²) in [6.07, 6.45) is 0.513. The molecule has 1 N–H and O–H groups in total. The molecule has 1 saturated heterocycles. The van der Waals surface area contributed by atoms with E-state index in [1.165, 1.54) is 0 Å². The summed E-state index contributed by atoms with van der Waals surface area (Å²) in [4.78, 5) is 18.6. The van der Waals surface area contributed by atoms with Gasteiger partial charge in [-0.05, 0) is 20.8 Å². The highest BCUT2D eigenvalue weighted by atomic mass is 32.1. The lowest BCUT2D eigenvalue weighted by Gasteiger charge is -2.26. The number of rotatable bonds is 4. The van der Waals surface area contributed by atoms with Crippen molar-refractivity contribution in [3.8, 4) is 0 Å². The third-order valence-electron chi connectivity index (χ3n) is 4.63. The van der Waals surface area contributed by atoms with Crippen LogP contribution < -0.4 is 5.32 Å². The summed E-state index contributed by atoms with van der Waals surface area (Å²) in [7, 11) is 3.83. The quantitative estimate of drug-likeness (QED) is 0.928. The summed E-state index contributed by atoms with van der Waals surface area (Å²) < 4.78 is 1.89. The molecule has 0 bridgehead atoms. The zero-order chi connectivity index (χ0) is 16.7. The van der Waals surface area contributed by atoms with E-state index in [1.807, 2.05) is 37.5 Å². The van der Waals surface area contributed by atoms with Gasteiger partial charge < -0.3 is 10.2 Å². The first-order valence-corrected chi connectivity index (χ1v) is 8.66. The zero-order valence-corrected chi connectivity index (χ0v) is 15.1. The second-order valence-electron chi connectivity index (χ2n) is 6.23. The molecule has 3 heterocycles. The molecule has 0 radical (unpaired) electrons. The van der Waals surface area contributed by atoms with Crippen LogP contribution in [0.3, 0.4) is 0 Å². The van der Waals surface area contributed by atoms with Crippen molar-refractivity contribution in [1.29, 1.82) is 0 Å². The largest absolute Gasteiger partial charge is 0.337 e. The van der Waals surface area contributed by atoms with E-state index in [1.54, 1.807) is 11.3 Å². The van der Waals surface area contributed by atoms with Crippen LogP contribution in [0.2, 0.25) is 0 Å². The Labute approximate surface area is 140 Å². The molecule has 1 fully saturated rings. The molecule has 23 heavy (non-hydrogen) atoms. The summed E-state index contributed by atoms with van der Waals surface area (Å²) in [5.41, 5.74) is 4.31. The molecule has 0 unspecified atom stereocenters. The second-order valence-corrected chi connectivity index (χ2v) is 7.17. The molecule has 1 aliphatic rings. The van der Waals surface area contributed by atoms with E-state index >= 15 is 0 Å². The molecule has 124 valence electrons. The van der Waals surface area contributed by atoms with Crippen LogP contribution in [0.15, 0.2) is 5.38 Å². The molecule has 0 aliphatic carbocycles. The first-order valence-electron chi connectivity index (χ1n) is 7.78. The van der Waals surface area contributed by atoms with Gasteiger partial charge in [0.15, 0.2) is 0 Å². The van der Waals surface area contributed by atoms with Crippen molar-refractivity contribution in [2.45, 2.75) is 45.8 Å². The minimum atomic E-state index is 0.0252. The minimum absolute atomic E-state index is 0.0252. The van der Waals surface area contributed by atoms with Gasteiger partial charge in [0.2, 0.25) is 5.91 Å². The van der Waals surface area contributed by atoms with Gasteiger partial charge in [0.1, 0.15) is 5.01 Å². The Morgan fingerprint density at radius 3 is 2.65 bits per heavy atom. The van der Waals surface area contributed by atoms with E-state index in [0.29, 0.717) is 13.0 Å². The number of nitrogens with zero attached hydrogens (tertiary/aromatic N) is 4. The van der Waals surface area contributed by atoms with Crippen LogP contribution in [0.1, 0.15) is 40.1 Å². The highest BCUT2D eigenvalue weighted by molar-refractivity contribution is 7.09. The summed E-state index contributed by atoms with van der Waals surface area (Å²) >= 11 is 1.65. The minimum Gasteiger partial charge on any atom is -0.337 e. The molecule has 0 aromatic carbocycles. The van der Waals surface area contributed by atoms with E-state index in [2.05, 4.69) is 27.7 Å². The van der Waals surface area contributed by atoms with Crippen LogP contribution >= 0.6 is 11.3 Å². The van der Waals surface area contributed by atoms with Crippen LogP contribution in [0.5, 0.6) is 0 Å². The molecule has 6 nitrogen and oxygen atoms in total. The van der Waals surface area contributed by atoms with Gasteiger partial charge in [-0.1, -0.05) is 0 Å². The lowest BCUT2D eigenvalue weighted by atomic mass is 9.98. The predicted octanol–water partition coefficient (Wildman–Crippen LogP) is 1.86. The molecule has 2 aromatic heterocycles. The van der Waals surface area contributed by atoms with Crippen molar-refractivity contribution < 1.29 is 4.79 Å². The van der Waals surface area contributed by atoms with Gasteiger partial charge in [0, 0.05) is 55.4 Å². The average molecular weight is 333 g/mol. The standard InChI is InChI=1S/C16H23N5OS/c1-9-8-23-13(18-9)7-17-12-6-14(22)20(4)16(12)15-10(2)19-21(5)11(15)3/h8,12,16-17H,6-7H2,1-5H3/t12-,16-/m1/s1. The summed E-state index contributed by atoms with van der Waals surface area (Å²) in [6.45, 7) is 6.77. The van der Waals surface area contributed by atoms with Crippen molar-refractivity contribution in [3.05, 3.63) is 33.0 Å². The Bertz CT molecular complexity index is 735. The number of aromatic nitrogens is 3. The van der Waals surface area contributed by atoms with E-state index < -0.39 is 0 Å². The van der Waals surface area contributed by atoms with Crippen molar-refractivity contribution in [2.75, 3.05) is 7.05 Å². The van der Waals surface area contributed by atoms with Crippen LogP contribution in [-0.2, 0) is 18.4 Å². The number of amides is 1. The maximum absolute atomic E-state index is 12.3. The Morgan fingerprint density at radius 2 is 2.09 bits per heavy atom. The van der Waals surface area contributed by atoms with E-state index in [0.717, 1.165) is 27.7 Å². The molecular weight excluding hydrogens is 310 g/mol. The van der Waals surface area contributed by atoms with E-state index in [9.17, 15) is 4.79 Å². The molecule has 1 amide bonds. The molecule has 7 heteroatoms. The number of hydrogen-bond acceptors (Lipinski definition) is 5. The third kappa shape index (κ3) is 2.90. The Kier molecular flexibility index (Phi) is 4.25. The summed E-state index contributed by atoms with van der Waals surface area (Å²) in [6, 6.07) is 0.107. The Hall–Kier alpha value is -1.73. The average Bonchev–Trinajstić information content (AvgIpc) is 3.10. The number of carbonyl (C=O) groups is 1. The maximum Gasteiger partial charge on any atom is 0.224 e. The van der Waals surface area contributed by atoms with Gasteiger partial charge in [0.05, 0.1) is 11.7 Å². The van der Waals surface area contributed by atoms with E-state index in [4.69, 9.17) is 0 Å². The molecular formula is C16H23N5OS. The lowest BCUT2D eigenvalue weighted by molar-refractivity contribution is -0.127. The van der Waals surface area contributed by atoms with Crippen molar-refractivity contribution in [2.24, 2.45) is 7.05 Å². The number of likely N-dealkylation sites (tertiary alicyclic amines) is 1. The zero-order valence-electron chi connectivity index (χ0n) is 14.3. The van der Waals surface area contributed by atoms with Gasteiger partial charge in [0.25, 0.3) is 0 Å². The summed E-state index contributed by atoms with van der Waals surface area (Å²) in [5.74, 6) is 0.172. The summed E-state index contributed by atoms with van der Waals surface area (Å²) in [5, 5.41) is 11.2. The van der Waals surface area contributed by atoms with Gasteiger partial charge in [-0.15, -0.1) is 11.3 Å². The van der Waals surface area contributed by atoms with Crippen molar-refractivity contribution in [1.82, 2.24) is 25.0 Å². The van der Waals surface area contributed by atoms with Crippen molar-refractivity contribution >= 4 is 17.2 Å². The Morgan fingerprint density at radius 1 is 1.35 bits per heavy atom. The van der Waals surface area contributed by atoms with Crippen LogP contribution in [0.25, 0.3) is 0 Å². The Balaban J connectivity index is 1.84. The monoisotopic (exact) mass is 333 g/mol. The van der Waals surface area contributed by atoms with E-state index in [-0.39, 0.29) is 18.0 Å². The van der Waals surface area contributed by atoms with Gasteiger partial charge >= 0.3 is 0 Å². The fourth-order valence-electron chi connectivity index (χ4n) is 3.37. The third-order valence-corrected chi connectivity index (χ3v) is 5.60. The van der Waals surface area contributed by atoms with Gasteiger partial charge in [-0.2, -0.15) is 5.10 Å². The molecule has 3 rings (SSSR count). The van der Waals surface area contributed by atoms with Crippen LogP contribution in [-0.4, -0.2) is 38.7 Å². The first kappa shape index (κ1) is 16.1. The highest BCUT2D eigenvalue weighted by Gasteiger charge is 2.40. The van der Waals surface area contributed by atoms with Gasteiger partial charge in [-0.25, -0.2) is 4.98 Å². The van der Waals surface area contributed by atoms with Crippen molar-refractivity contribution in [3.63, 3.8) is 0 Å². The molecule has 1 aliphatic heterocycles.